The molecule has 7 nitrogen and oxygen atoms in total. The van der Waals surface area contributed by atoms with E-state index in [1.807, 2.05) is 0 Å². The molecule has 0 saturated heterocycles. The standard InChI is InChI=1S/C19H25ClN4O3/c1-4-23(5-2)11-10-21-17(25)13-24-18(26)12-16(27-3)19(22-24)14-6-8-15(20)9-7-14/h6-9,12H,4-5,10-11,13H2,1-3H3,(H,21,25). The molecule has 1 aromatic carbocycles. The number of ether oxygens (including phenoxy) is 1. The molecule has 0 radical (unpaired) electrons. The summed E-state index contributed by atoms with van der Waals surface area (Å²) in [5.74, 6) is 0.0875. The van der Waals surface area contributed by atoms with E-state index >= 15 is 0 Å². The minimum Gasteiger partial charge on any atom is -0.494 e. The van der Waals surface area contributed by atoms with Crippen molar-refractivity contribution in [1.29, 1.82) is 0 Å². The predicted octanol–water partition coefficient (Wildman–Crippen LogP) is 2.03. The van der Waals surface area contributed by atoms with Gasteiger partial charge >= 0.3 is 0 Å². The van der Waals surface area contributed by atoms with Crippen LogP contribution < -0.4 is 15.6 Å². The van der Waals surface area contributed by atoms with Crippen molar-refractivity contribution in [3.63, 3.8) is 0 Å². The van der Waals surface area contributed by atoms with Gasteiger partial charge in [0.1, 0.15) is 12.2 Å². The highest BCUT2D eigenvalue weighted by Gasteiger charge is 2.14. The Balaban J connectivity index is 2.15. The number of nitrogens with zero attached hydrogens (tertiary/aromatic N) is 3. The van der Waals surface area contributed by atoms with Crippen molar-refractivity contribution >= 4 is 17.5 Å². The zero-order valence-corrected chi connectivity index (χ0v) is 16.6. The number of carbonyl (C=O) groups is 1. The number of nitrogens with one attached hydrogen (secondary N) is 1. The van der Waals surface area contributed by atoms with Gasteiger partial charge in [0.05, 0.1) is 7.11 Å². The molecule has 2 rings (SSSR count). The third-order valence-corrected chi connectivity index (χ3v) is 4.49. The van der Waals surface area contributed by atoms with Crippen molar-refractivity contribution < 1.29 is 9.53 Å². The Morgan fingerprint density at radius 1 is 1.26 bits per heavy atom. The summed E-state index contributed by atoms with van der Waals surface area (Å²) >= 11 is 5.93. The van der Waals surface area contributed by atoms with E-state index in [9.17, 15) is 9.59 Å². The van der Waals surface area contributed by atoms with Gasteiger partial charge in [-0.2, -0.15) is 5.10 Å². The number of rotatable bonds is 9. The van der Waals surface area contributed by atoms with Gasteiger partial charge in [-0.1, -0.05) is 37.6 Å². The summed E-state index contributed by atoms with van der Waals surface area (Å²) in [5.41, 5.74) is 0.820. The summed E-state index contributed by atoms with van der Waals surface area (Å²) in [6.07, 6.45) is 0. The van der Waals surface area contributed by atoms with Crippen molar-refractivity contribution in [3.8, 4) is 17.0 Å². The third kappa shape index (κ3) is 5.80. The Morgan fingerprint density at radius 3 is 2.52 bits per heavy atom. The van der Waals surface area contributed by atoms with Crippen molar-refractivity contribution in [3.05, 3.63) is 45.7 Å². The van der Waals surface area contributed by atoms with Crippen LogP contribution in [0.2, 0.25) is 5.02 Å². The van der Waals surface area contributed by atoms with Gasteiger partial charge in [0.25, 0.3) is 5.56 Å². The van der Waals surface area contributed by atoms with E-state index in [1.54, 1.807) is 24.3 Å². The van der Waals surface area contributed by atoms with Crippen molar-refractivity contribution in [2.24, 2.45) is 0 Å². The quantitative estimate of drug-likeness (QED) is 0.706. The van der Waals surface area contributed by atoms with Gasteiger partial charge in [-0.15, -0.1) is 0 Å². The summed E-state index contributed by atoms with van der Waals surface area (Å²) in [4.78, 5) is 26.7. The number of aromatic nitrogens is 2. The second-order valence-corrected chi connectivity index (χ2v) is 6.38. The average Bonchev–Trinajstić information content (AvgIpc) is 2.67. The maximum atomic E-state index is 12.3. The van der Waals surface area contributed by atoms with Gasteiger partial charge < -0.3 is 15.0 Å². The molecular formula is C19H25ClN4O3. The number of methoxy groups -OCH3 is 1. The zero-order valence-electron chi connectivity index (χ0n) is 15.9. The van der Waals surface area contributed by atoms with Crippen LogP contribution in [-0.4, -0.2) is 53.9 Å². The molecule has 0 atom stereocenters. The summed E-state index contributed by atoms with van der Waals surface area (Å²) in [7, 11) is 1.47. The van der Waals surface area contributed by atoms with Crippen LogP contribution in [0.1, 0.15) is 13.8 Å². The molecule has 0 spiro atoms. The SMILES string of the molecule is CCN(CC)CCNC(=O)Cn1nc(-c2ccc(Cl)cc2)c(OC)cc1=O. The molecule has 1 heterocycles. The maximum absolute atomic E-state index is 12.3. The highest BCUT2D eigenvalue weighted by molar-refractivity contribution is 6.30. The fraction of sp³-hybridized carbons (Fsp3) is 0.421. The fourth-order valence-electron chi connectivity index (χ4n) is 2.64. The number of carbonyl (C=O) groups excluding carboxylic acids is 1. The third-order valence-electron chi connectivity index (χ3n) is 4.24. The predicted molar refractivity (Wildman–Crippen MR) is 106 cm³/mol. The molecule has 0 aliphatic heterocycles. The van der Waals surface area contributed by atoms with Crippen molar-refractivity contribution in [2.45, 2.75) is 20.4 Å². The molecule has 8 heteroatoms. The van der Waals surface area contributed by atoms with Gasteiger partial charge in [0.2, 0.25) is 5.91 Å². The highest BCUT2D eigenvalue weighted by atomic mass is 35.5. The van der Waals surface area contributed by atoms with Crippen molar-refractivity contribution in [2.75, 3.05) is 33.3 Å². The van der Waals surface area contributed by atoms with E-state index in [0.717, 1.165) is 29.9 Å². The fourth-order valence-corrected chi connectivity index (χ4v) is 2.76. The molecule has 146 valence electrons. The minimum absolute atomic E-state index is 0.151. The van der Waals surface area contributed by atoms with Crippen LogP contribution in [0.15, 0.2) is 35.1 Å². The van der Waals surface area contributed by atoms with E-state index in [4.69, 9.17) is 16.3 Å². The van der Waals surface area contributed by atoms with Gasteiger partial charge in [0.15, 0.2) is 5.75 Å². The summed E-state index contributed by atoms with van der Waals surface area (Å²) < 4.78 is 6.41. The molecular weight excluding hydrogens is 368 g/mol. The van der Waals surface area contributed by atoms with Crippen LogP contribution in [0.3, 0.4) is 0 Å². The van der Waals surface area contributed by atoms with Gasteiger partial charge in [-0.05, 0) is 25.2 Å². The molecule has 0 fully saturated rings. The van der Waals surface area contributed by atoms with E-state index in [0.29, 0.717) is 23.0 Å². The van der Waals surface area contributed by atoms with E-state index in [2.05, 4.69) is 29.2 Å². The Morgan fingerprint density at radius 2 is 1.93 bits per heavy atom. The topological polar surface area (TPSA) is 76.5 Å². The lowest BCUT2D eigenvalue weighted by atomic mass is 10.1. The molecule has 0 bridgehead atoms. The number of hydrogen-bond acceptors (Lipinski definition) is 5. The van der Waals surface area contributed by atoms with Gasteiger partial charge in [0, 0.05) is 29.7 Å². The Bertz CT molecular complexity index is 817. The first kappa shape index (κ1) is 20.9. The molecule has 27 heavy (non-hydrogen) atoms. The molecule has 1 N–H and O–H groups in total. The van der Waals surface area contributed by atoms with E-state index in [1.165, 1.54) is 13.2 Å². The van der Waals surface area contributed by atoms with Crippen LogP contribution in [0.4, 0.5) is 0 Å². The lowest BCUT2D eigenvalue weighted by Crippen LogP contribution is -2.38. The monoisotopic (exact) mass is 392 g/mol. The lowest BCUT2D eigenvalue weighted by molar-refractivity contribution is -0.121. The van der Waals surface area contributed by atoms with Crippen LogP contribution in [0.5, 0.6) is 5.75 Å². The number of halogens is 1. The Hall–Kier alpha value is -2.38. The lowest BCUT2D eigenvalue weighted by Gasteiger charge is -2.18. The normalized spacial score (nSPS) is 10.9. The van der Waals surface area contributed by atoms with Crippen LogP contribution in [-0.2, 0) is 11.3 Å². The summed E-state index contributed by atoms with van der Waals surface area (Å²) in [5, 5.41) is 7.74. The van der Waals surface area contributed by atoms with E-state index in [-0.39, 0.29) is 12.5 Å². The largest absolute Gasteiger partial charge is 0.494 e. The number of likely N-dealkylation sites (N-methyl/N-ethyl adjacent to an activating group) is 1. The first-order valence-electron chi connectivity index (χ1n) is 8.89. The summed E-state index contributed by atoms with van der Waals surface area (Å²) in [6, 6.07) is 8.36. The van der Waals surface area contributed by atoms with Crippen LogP contribution in [0, 0.1) is 0 Å². The number of hydrogen-bond donors (Lipinski definition) is 1. The van der Waals surface area contributed by atoms with Crippen LogP contribution in [0.25, 0.3) is 11.3 Å². The summed E-state index contributed by atoms with van der Waals surface area (Å²) in [6.45, 7) is 7.14. The first-order valence-corrected chi connectivity index (χ1v) is 9.27. The Labute approximate surface area is 163 Å². The minimum atomic E-state index is -0.400. The molecule has 0 aliphatic carbocycles. The molecule has 2 aromatic rings. The second-order valence-electron chi connectivity index (χ2n) is 5.94. The molecule has 1 amide bonds. The highest BCUT2D eigenvalue weighted by Crippen LogP contribution is 2.26. The average molecular weight is 393 g/mol. The molecule has 1 aromatic heterocycles. The van der Waals surface area contributed by atoms with Gasteiger partial charge in [-0.25, -0.2) is 4.68 Å². The first-order chi connectivity index (χ1) is 13.0. The van der Waals surface area contributed by atoms with Crippen molar-refractivity contribution in [1.82, 2.24) is 20.0 Å². The molecule has 0 unspecified atom stereocenters. The zero-order chi connectivity index (χ0) is 19.8. The smallest absolute Gasteiger partial charge is 0.270 e. The second kappa shape index (κ2) is 10.1. The van der Waals surface area contributed by atoms with Gasteiger partial charge in [-0.3, -0.25) is 9.59 Å². The number of amides is 1. The number of benzene rings is 1. The molecule has 0 aliphatic rings. The Kier molecular flexibility index (Phi) is 7.82. The maximum Gasteiger partial charge on any atom is 0.270 e. The van der Waals surface area contributed by atoms with Crippen LogP contribution >= 0.6 is 11.6 Å². The van der Waals surface area contributed by atoms with E-state index < -0.39 is 5.56 Å². The molecule has 0 saturated carbocycles.